The Bertz CT molecular complexity index is 1070. The third-order valence-corrected chi connectivity index (χ3v) is 4.57. The van der Waals surface area contributed by atoms with E-state index in [0.717, 1.165) is 0 Å². The maximum Gasteiger partial charge on any atom is -0.00988 e. The normalized spacial score (nSPS) is 10.9. The molecule has 116 valence electrons. The van der Waals surface area contributed by atoms with Gasteiger partial charge in [0, 0.05) is 0 Å². The van der Waals surface area contributed by atoms with Gasteiger partial charge in [-0.15, -0.1) is 0 Å². The minimum Gasteiger partial charge on any atom is -0.0683 e. The molecule has 0 atom stereocenters. The molecule has 0 nitrogen and oxygen atoms in total. The van der Waals surface area contributed by atoms with Crippen molar-refractivity contribution in [3.05, 3.63) is 84.9 Å². The third kappa shape index (κ3) is 2.32. The van der Waals surface area contributed by atoms with Crippen LogP contribution in [0.3, 0.4) is 0 Å². The molecule has 0 radical (unpaired) electrons. The van der Waals surface area contributed by atoms with Crippen molar-refractivity contribution in [3.63, 3.8) is 0 Å². The lowest BCUT2D eigenvalue weighted by molar-refractivity contribution is 1.50. The van der Waals surface area contributed by atoms with Gasteiger partial charge in [-0.2, -0.15) is 0 Å². The van der Waals surface area contributed by atoms with Crippen LogP contribution in [0.2, 0.25) is 0 Å². The van der Waals surface area contributed by atoms with Crippen molar-refractivity contribution < 1.29 is 0 Å². The Morgan fingerprint density at radius 3 is 1.08 bits per heavy atom. The SMILES string of the molecule is CC.c1ccc2cc3c(ccc4cc5ccccc5cc43)cc2c1. The van der Waals surface area contributed by atoms with E-state index in [-0.39, 0.29) is 0 Å². The highest BCUT2D eigenvalue weighted by atomic mass is 14.1. The highest BCUT2D eigenvalue weighted by Gasteiger charge is 2.04. The minimum absolute atomic E-state index is 1.30. The van der Waals surface area contributed by atoms with Crippen molar-refractivity contribution in [1.82, 2.24) is 0 Å². The maximum atomic E-state index is 2.32. The summed E-state index contributed by atoms with van der Waals surface area (Å²) in [5, 5.41) is 10.5. The fourth-order valence-corrected chi connectivity index (χ4v) is 3.44. The molecule has 0 saturated heterocycles. The van der Waals surface area contributed by atoms with Crippen molar-refractivity contribution in [1.29, 1.82) is 0 Å². The summed E-state index contributed by atoms with van der Waals surface area (Å²) in [5.74, 6) is 0. The lowest BCUT2D eigenvalue weighted by Crippen LogP contribution is -1.81. The third-order valence-electron chi connectivity index (χ3n) is 4.57. The Balaban J connectivity index is 0.000000704. The van der Waals surface area contributed by atoms with Crippen LogP contribution in [-0.4, -0.2) is 0 Å². The number of hydrogen-bond donors (Lipinski definition) is 0. The molecule has 0 saturated carbocycles. The summed E-state index contributed by atoms with van der Waals surface area (Å²) in [5.41, 5.74) is 0. The first-order valence-electron chi connectivity index (χ1n) is 8.62. The predicted octanol–water partition coefficient (Wildman–Crippen LogP) is 7.33. The van der Waals surface area contributed by atoms with E-state index in [2.05, 4.69) is 84.9 Å². The molecule has 5 aromatic rings. The van der Waals surface area contributed by atoms with Gasteiger partial charge >= 0.3 is 0 Å². The molecule has 5 aromatic carbocycles. The van der Waals surface area contributed by atoms with Crippen LogP contribution in [0.5, 0.6) is 0 Å². The summed E-state index contributed by atoms with van der Waals surface area (Å²) >= 11 is 0. The minimum atomic E-state index is 1.30. The first-order chi connectivity index (χ1) is 11.9. The van der Waals surface area contributed by atoms with E-state index < -0.39 is 0 Å². The topological polar surface area (TPSA) is 0 Å². The summed E-state index contributed by atoms with van der Waals surface area (Å²) in [6.45, 7) is 4.00. The van der Waals surface area contributed by atoms with Crippen LogP contribution in [0.25, 0.3) is 43.1 Å². The quantitative estimate of drug-likeness (QED) is 0.207. The number of hydrogen-bond acceptors (Lipinski definition) is 0. The van der Waals surface area contributed by atoms with Crippen molar-refractivity contribution in [3.8, 4) is 0 Å². The van der Waals surface area contributed by atoms with Gasteiger partial charge in [-0.1, -0.05) is 74.5 Å². The second-order valence-corrected chi connectivity index (χ2v) is 5.91. The molecule has 0 N–H and O–H groups in total. The highest BCUT2D eigenvalue weighted by molar-refractivity contribution is 6.15. The molecular weight excluding hydrogens is 288 g/mol. The van der Waals surface area contributed by atoms with Gasteiger partial charge < -0.3 is 0 Å². The largest absolute Gasteiger partial charge is 0.0683 e. The number of rotatable bonds is 0. The average molecular weight is 308 g/mol. The zero-order valence-electron chi connectivity index (χ0n) is 14.1. The summed E-state index contributed by atoms with van der Waals surface area (Å²) in [6, 6.07) is 30.8. The molecule has 0 aliphatic carbocycles. The Labute approximate surface area is 142 Å². The average Bonchev–Trinajstić information content (AvgIpc) is 2.66. The van der Waals surface area contributed by atoms with Gasteiger partial charge in [-0.05, 0) is 67.4 Å². The van der Waals surface area contributed by atoms with Gasteiger partial charge in [-0.25, -0.2) is 0 Å². The summed E-state index contributed by atoms with van der Waals surface area (Å²) in [7, 11) is 0. The molecule has 0 heterocycles. The molecule has 0 spiro atoms. The monoisotopic (exact) mass is 308 g/mol. The van der Waals surface area contributed by atoms with Gasteiger partial charge in [-0.3, -0.25) is 0 Å². The van der Waals surface area contributed by atoms with Crippen molar-refractivity contribution in [2.24, 2.45) is 0 Å². The highest BCUT2D eigenvalue weighted by Crippen LogP contribution is 2.32. The number of benzene rings is 5. The summed E-state index contributed by atoms with van der Waals surface area (Å²) in [4.78, 5) is 0. The lowest BCUT2D eigenvalue weighted by Gasteiger charge is -2.08. The molecule has 0 unspecified atom stereocenters. The Hall–Kier alpha value is -2.86. The molecular formula is C24H20. The maximum absolute atomic E-state index is 2.32. The number of fused-ring (bicyclic) bond motifs is 5. The van der Waals surface area contributed by atoms with E-state index in [1.165, 1.54) is 43.1 Å². The van der Waals surface area contributed by atoms with Gasteiger partial charge in [0.15, 0.2) is 0 Å². The van der Waals surface area contributed by atoms with E-state index >= 15 is 0 Å². The summed E-state index contributed by atoms with van der Waals surface area (Å²) in [6.07, 6.45) is 0. The second-order valence-electron chi connectivity index (χ2n) is 5.91. The molecule has 0 bridgehead atoms. The van der Waals surface area contributed by atoms with Crippen LogP contribution < -0.4 is 0 Å². The van der Waals surface area contributed by atoms with E-state index in [1.807, 2.05) is 13.8 Å². The van der Waals surface area contributed by atoms with Crippen molar-refractivity contribution >= 4 is 43.1 Å². The van der Waals surface area contributed by atoms with Crippen molar-refractivity contribution in [2.75, 3.05) is 0 Å². The van der Waals surface area contributed by atoms with Crippen LogP contribution >= 0.6 is 0 Å². The zero-order valence-corrected chi connectivity index (χ0v) is 14.1. The Morgan fingerprint density at radius 1 is 0.375 bits per heavy atom. The van der Waals surface area contributed by atoms with E-state index in [1.54, 1.807) is 0 Å². The van der Waals surface area contributed by atoms with Gasteiger partial charge in [0.05, 0.1) is 0 Å². The Morgan fingerprint density at radius 2 is 0.708 bits per heavy atom. The van der Waals surface area contributed by atoms with E-state index in [9.17, 15) is 0 Å². The molecule has 0 aliphatic heterocycles. The van der Waals surface area contributed by atoms with Crippen LogP contribution in [0.15, 0.2) is 84.9 Å². The smallest absolute Gasteiger partial charge is 0.00988 e. The van der Waals surface area contributed by atoms with Crippen LogP contribution in [0.4, 0.5) is 0 Å². The molecule has 24 heavy (non-hydrogen) atoms. The zero-order chi connectivity index (χ0) is 16.5. The molecule has 0 amide bonds. The standard InChI is InChI=1S/C22H14.C2H6/c1-3-7-17-13-21-19(11-15(17)5-1)9-10-20-12-16-6-2-4-8-18(16)14-22(20)21;1-2/h1-14H;1-2H3. The second kappa shape index (κ2) is 5.98. The van der Waals surface area contributed by atoms with Gasteiger partial charge in [0.25, 0.3) is 0 Å². The molecule has 5 rings (SSSR count). The van der Waals surface area contributed by atoms with E-state index in [0.29, 0.717) is 0 Å². The van der Waals surface area contributed by atoms with E-state index in [4.69, 9.17) is 0 Å². The van der Waals surface area contributed by atoms with Gasteiger partial charge in [0.1, 0.15) is 0 Å². The fraction of sp³-hybridized carbons (Fsp3) is 0.0833. The van der Waals surface area contributed by atoms with Crippen LogP contribution in [0.1, 0.15) is 13.8 Å². The molecule has 0 fully saturated rings. The molecule has 0 heteroatoms. The first kappa shape index (κ1) is 14.7. The lowest BCUT2D eigenvalue weighted by atomic mass is 9.96. The van der Waals surface area contributed by atoms with Crippen LogP contribution in [0, 0.1) is 0 Å². The first-order valence-corrected chi connectivity index (χ1v) is 8.62. The van der Waals surface area contributed by atoms with Crippen molar-refractivity contribution in [2.45, 2.75) is 13.8 Å². The molecule has 0 aromatic heterocycles. The summed E-state index contributed by atoms with van der Waals surface area (Å²) < 4.78 is 0. The predicted molar refractivity (Wildman–Crippen MR) is 108 cm³/mol. The fourth-order valence-electron chi connectivity index (χ4n) is 3.44. The van der Waals surface area contributed by atoms with Crippen LogP contribution in [-0.2, 0) is 0 Å². The van der Waals surface area contributed by atoms with Gasteiger partial charge in [0.2, 0.25) is 0 Å². The Kier molecular flexibility index (Phi) is 3.66. The molecule has 0 aliphatic rings.